The van der Waals surface area contributed by atoms with Crippen LogP contribution < -0.4 is 5.73 Å². The number of hydrogen-bond donors (Lipinski definition) is 1. The molecule has 2 atom stereocenters. The summed E-state index contributed by atoms with van der Waals surface area (Å²) in [6, 6.07) is -0.0488. The van der Waals surface area contributed by atoms with Crippen molar-refractivity contribution in [1.29, 1.82) is 0 Å². The lowest BCUT2D eigenvalue weighted by Gasteiger charge is -2.39. The molecule has 0 bridgehead atoms. The minimum Gasteiger partial charge on any atom is -0.465 e. The number of thiocarbonyl (C=S) groups is 1. The van der Waals surface area contributed by atoms with Gasteiger partial charge in [0.15, 0.2) is 0 Å². The number of rotatable bonds is 5. The average Bonchev–Trinajstić information content (AvgIpc) is 2.37. The van der Waals surface area contributed by atoms with E-state index in [2.05, 4.69) is 9.80 Å². The summed E-state index contributed by atoms with van der Waals surface area (Å²) in [5.74, 6) is -0.145. The molecule has 1 fully saturated rings. The van der Waals surface area contributed by atoms with Crippen molar-refractivity contribution in [2.75, 3.05) is 32.8 Å². The molecule has 1 heterocycles. The smallest absolute Gasteiger partial charge is 0.323 e. The fraction of sp³-hybridized carbons (Fsp3) is 0.833. The van der Waals surface area contributed by atoms with Gasteiger partial charge in [0.1, 0.15) is 6.04 Å². The fourth-order valence-corrected chi connectivity index (χ4v) is 2.25. The fourth-order valence-electron chi connectivity index (χ4n) is 2.10. The maximum Gasteiger partial charge on any atom is 0.323 e. The SMILES string of the molecule is CCOC(=O)C(C)N1CCN(C(C)C(N)=S)CC1. The largest absolute Gasteiger partial charge is 0.465 e. The van der Waals surface area contributed by atoms with E-state index in [9.17, 15) is 4.79 Å². The molecule has 1 rings (SSSR count). The predicted octanol–water partition coefficient (Wildman–Crippen LogP) is 0.230. The Labute approximate surface area is 114 Å². The third-order valence-electron chi connectivity index (χ3n) is 3.48. The number of carbonyl (C=O) groups is 1. The van der Waals surface area contributed by atoms with Crippen LogP contribution in [0.3, 0.4) is 0 Å². The van der Waals surface area contributed by atoms with E-state index in [1.807, 2.05) is 20.8 Å². The lowest BCUT2D eigenvalue weighted by molar-refractivity contribution is -0.149. The van der Waals surface area contributed by atoms with Gasteiger partial charge in [-0.2, -0.15) is 0 Å². The molecular formula is C12H23N3O2S. The highest BCUT2D eigenvalue weighted by Crippen LogP contribution is 2.10. The summed E-state index contributed by atoms with van der Waals surface area (Å²) in [7, 11) is 0. The van der Waals surface area contributed by atoms with Crippen molar-refractivity contribution in [1.82, 2.24) is 9.80 Å². The first kappa shape index (κ1) is 15.3. The van der Waals surface area contributed by atoms with Gasteiger partial charge in [-0.15, -0.1) is 0 Å². The highest BCUT2D eigenvalue weighted by molar-refractivity contribution is 7.80. The third kappa shape index (κ3) is 3.90. The van der Waals surface area contributed by atoms with Crippen molar-refractivity contribution in [3.05, 3.63) is 0 Å². The van der Waals surface area contributed by atoms with Crippen LogP contribution >= 0.6 is 12.2 Å². The molecule has 0 radical (unpaired) electrons. The summed E-state index contributed by atoms with van der Waals surface area (Å²) >= 11 is 5.00. The molecule has 2 N–H and O–H groups in total. The Morgan fingerprint density at radius 1 is 1.22 bits per heavy atom. The van der Waals surface area contributed by atoms with Crippen LogP contribution in [0.25, 0.3) is 0 Å². The predicted molar refractivity (Wildman–Crippen MR) is 75.5 cm³/mol. The van der Waals surface area contributed by atoms with E-state index in [1.54, 1.807) is 0 Å². The Balaban J connectivity index is 2.43. The highest BCUT2D eigenvalue weighted by Gasteiger charge is 2.28. The van der Waals surface area contributed by atoms with Crippen LogP contribution in [-0.4, -0.2) is 65.6 Å². The quantitative estimate of drug-likeness (QED) is 0.572. The number of carbonyl (C=O) groups excluding carboxylic acids is 1. The maximum atomic E-state index is 11.6. The van der Waals surface area contributed by atoms with Crippen molar-refractivity contribution in [2.45, 2.75) is 32.9 Å². The Hall–Kier alpha value is -0.720. The van der Waals surface area contributed by atoms with E-state index < -0.39 is 0 Å². The van der Waals surface area contributed by atoms with Gasteiger partial charge in [-0.1, -0.05) is 12.2 Å². The van der Waals surface area contributed by atoms with Crippen LogP contribution in [0.5, 0.6) is 0 Å². The molecule has 18 heavy (non-hydrogen) atoms. The van der Waals surface area contributed by atoms with Crippen molar-refractivity contribution < 1.29 is 9.53 Å². The summed E-state index contributed by atoms with van der Waals surface area (Å²) in [5.41, 5.74) is 5.65. The van der Waals surface area contributed by atoms with E-state index in [-0.39, 0.29) is 18.1 Å². The van der Waals surface area contributed by atoms with E-state index >= 15 is 0 Å². The van der Waals surface area contributed by atoms with Gasteiger partial charge in [-0.05, 0) is 20.8 Å². The van der Waals surface area contributed by atoms with Crippen LogP contribution in [0, 0.1) is 0 Å². The second-order valence-electron chi connectivity index (χ2n) is 4.58. The lowest BCUT2D eigenvalue weighted by Crippen LogP contribution is -2.55. The number of ether oxygens (including phenoxy) is 1. The van der Waals surface area contributed by atoms with Crippen LogP contribution in [0.15, 0.2) is 0 Å². The highest BCUT2D eigenvalue weighted by atomic mass is 32.1. The first-order valence-corrected chi connectivity index (χ1v) is 6.82. The Kier molecular flexibility index (Phi) is 5.98. The first-order valence-electron chi connectivity index (χ1n) is 6.41. The third-order valence-corrected chi connectivity index (χ3v) is 3.82. The summed E-state index contributed by atoms with van der Waals surface area (Å²) in [6.45, 7) is 9.61. The molecule has 0 aromatic carbocycles. The minimum atomic E-state index is -0.174. The van der Waals surface area contributed by atoms with Gasteiger partial charge >= 0.3 is 5.97 Å². The number of nitrogens with two attached hydrogens (primary N) is 1. The zero-order chi connectivity index (χ0) is 13.7. The van der Waals surface area contributed by atoms with Gasteiger partial charge < -0.3 is 10.5 Å². The van der Waals surface area contributed by atoms with Crippen molar-refractivity contribution in [3.63, 3.8) is 0 Å². The molecular weight excluding hydrogens is 250 g/mol. The van der Waals surface area contributed by atoms with Crippen LogP contribution in [-0.2, 0) is 9.53 Å². The maximum absolute atomic E-state index is 11.6. The van der Waals surface area contributed by atoms with E-state index in [1.165, 1.54) is 0 Å². The molecule has 0 aromatic heterocycles. The summed E-state index contributed by atoms with van der Waals surface area (Å²) in [5, 5.41) is 0. The Bertz CT molecular complexity index is 304. The summed E-state index contributed by atoms with van der Waals surface area (Å²) < 4.78 is 5.03. The van der Waals surface area contributed by atoms with Gasteiger partial charge in [0.25, 0.3) is 0 Å². The number of hydrogen-bond acceptors (Lipinski definition) is 5. The van der Waals surface area contributed by atoms with Crippen molar-refractivity contribution >= 4 is 23.2 Å². The molecule has 1 saturated heterocycles. The molecule has 0 saturated carbocycles. The Morgan fingerprint density at radius 2 is 1.67 bits per heavy atom. The van der Waals surface area contributed by atoms with Crippen LogP contribution in [0.4, 0.5) is 0 Å². The molecule has 1 aliphatic rings. The molecule has 6 heteroatoms. The summed E-state index contributed by atoms with van der Waals surface area (Å²) in [6.07, 6.45) is 0. The average molecular weight is 273 g/mol. The van der Waals surface area contributed by atoms with Crippen LogP contribution in [0.2, 0.25) is 0 Å². The van der Waals surface area contributed by atoms with Gasteiger partial charge in [0.2, 0.25) is 0 Å². The molecule has 1 aliphatic heterocycles. The van der Waals surface area contributed by atoms with E-state index in [0.29, 0.717) is 11.6 Å². The van der Waals surface area contributed by atoms with Gasteiger partial charge in [-0.25, -0.2) is 0 Å². The number of nitrogens with zero attached hydrogens (tertiary/aromatic N) is 2. The van der Waals surface area contributed by atoms with Gasteiger partial charge in [0.05, 0.1) is 17.6 Å². The normalized spacial score (nSPS) is 21.3. The second-order valence-corrected chi connectivity index (χ2v) is 5.05. The topological polar surface area (TPSA) is 58.8 Å². The van der Waals surface area contributed by atoms with Crippen molar-refractivity contribution in [3.8, 4) is 0 Å². The minimum absolute atomic E-state index is 0.125. The van der Waals surface area contributed by atoms with Gasteiger partial charge in [0, 0.05) is 26.2 Å². The van der Waals surface area contributed by atoms with E-state index in [0.717, 1.165) is 26.2 Å². The zero-order valence-corrected chi connectivity index (χ0v) is 12.2. The number of piperazine rings is 1. The molecule has 0 aromatic rings. The zero-order valence-electron chi connectivity index (χ0n) is 11.4. The standard InChI is InChI=1S/C12H23N3O2S/c1-4-17-12(16)10(3)15-7-5-14(6-8-15)9(2)11(13)18/h9-10H,4-8H2,1-3H3,(H2,13,18). The molecule has 0 spiro atoms. The first-order chi connectivity index (χ1) is 8.47. The van der Waals surface area contributed by atoms with Crippen molar-refractivity contribution in [2.24, 2.45) is 5.73 Å². The molecule has 5 nitrogen and oxygen atoms in total. The molecule has 0 amide bonds. The second kappa shape index (κ2) is 7.01. The summed E-state index contributed by atoms with van der Waals surface area (Å²) in [4.78, 5) is 16.6. The molecule has 2 unspecified atom stereocenters. The molecule has 104 valence electrons. The van der Waals surface area contributed by atoms with E-state index in [4.69, 9.17) is 22.7 Å². The number of esters is 1. The lowest BCUT2D eigenvalue weighted by atomic mass is 10.2. The van der Waals surface area contributed by atoms with Gasteiger partial charge in [-0.3, -0.25) is 14.6 Å². The molecule has 0 aliphatic carbocycles. The monoisotopic (exact) mass is 273 g/mol. The van der Waals surface area contributed by atoms with Crippen LogP contribution in [0.1, 0.15) is 20.8 Å². The Morgan fingerprint density at radius 3 is 2.06 bits per heavy atom.